The Bertz CT molecular complexity index is 168. The van der Waals surface area contributed by atoms with Crippen molar-refractivity contribution in [1.29, 1.82) is 0 Å². The molecule has 1 fully saturated rings. The molecule has 2 heteroatoms. The average molecular weight is 196 g/mol. The van der Waals surface area contributed by atoms with Crippen LogP contribution in [0.3, 0.4) is 0 Å². The first-order valence-corrected chi connectivity index (χ1v) is 5.86. The number of nitrogens with two attached hydrogens (primary N) is 1. The normalized spacial score (nSPS) is 27.9. The van der Waals surface area contributed by atoms with Crippen LogP contribution in [0, 0.1) is 5.92 Å². The smallest absolute Gasteiger partial charge is 0.0160 e. The van der Waals surface area contributed by atoms with Gasteiger partial charge in [-0.15, -0.1) is 6.58 Å². The first kappa shape index (κ1) is 11.7. The van der Waals surface area contributed by atoms with Gasteiger partial charge in [-0.25, -0.2) is 0 Å². The van der Waals surface area contributed by atoms with Crippen LogP contribution in [0.15, 0.2) is 12.7 Å². The Morgan fingerprint density at radius 1 is 1.43 bits per heavy atom. The van der Waals surface area contributed by atoms with E-state index >= 15 is 0 Å². The molecule has 0 saturated heterocycles. The van der Waals surface area contributed by atoms with Gasteiger partial charge < -0.3 is 5.73 Å². The van der Waals surface area contributed by atoms with Gasteiger partial charge in [0.2, 0.25) is 0 Å². The average Bonchev–Trinajstić information content (AvgIpc) is 2.20. The van der Waals surface area contributed by atoms with Crippen LogP contribution in [0.1, 0.15) is 32.6 Å². The van der Waals surface area contributed by atoms with Crippen LogP contribution < -0.4 is 5.73 Å². The number of rotatable bonds is 5. The highest BCUT2D eigenvalue weighted by Crippen LogP contribution is 2.23. The van der Waals surface area contributed by atoms with Crippen molar-refractivity contribution < 1.29 is 0 Å². The Morgan fingerprint density at radius 3 is 2.71 bits per heavy atom. The van der Waals surface area contributed by atoms with Crippen LogP contribution in [-0.4, -0.2) is 30.6 Å². The molecule has 1 rings (SSSR count). The van der Waals surface area contributed by atoms with Gasteiger partial charge in [-0.2, -0.15) is 0 Å². The Balaban J connectivity index is 2.35. The van der Waals surface area contributed by atoms with Crippen molar-refractivity contribution in [2.24, 2.45) is 11.7 Å². The van der Waals surface area contributed by atoms with Gasteiger partial charge in [-0.05, 0) is 25.3 Å². The van der Waals surface area contributed by atoms with Crippen LogP contribution in [0.5, 0.6) is 0 Å². The summed E-state index contributed by atoms with van der Waals surface area (Å²) in [6, 6.07) is 0.433. The van der Waals surface area contributed by atoms with Crippen molar-refractivity contribution in [3.05, 3.63) is 12.7 Å². The lowest BCUT2D eigenvalue weighted by atomic mass is 9.85. The van der Waals surface area contributed by atoms with E-state index in [2.05, 4.69) is 18.4 Å². The van der Waals surface area contributed by atoms with Crippen molar-refractivity contribution in [2.75, 3.05) is 19.6 Å². The molecule has 0 aromatic heterocycles. The van der Waals surface area contributed by atoms with Gasteiger partial charge in [0.1, 0.15) is 0 Å². The Labute approximate surface area is 88.2 Å². The van der Waals surface area contributed by atoms with E-state index in [1.807, 2.05) is 6.08 Å². The van der Waals surface area contributed by atoms with Crippen molar-refractivity contribution in [2.45, 2.75) is 38.6 Å². The molecule has 1 aliphatic carbocycles. The molecule has 2 N–H and O–H groups in total. The lowest BCUT2D eigenvalue weighted by Crippen LogP contribution is -2.41. The minimum Gasteiger partial charge on any atom is -0.327 e. The molecule has 0 amide bonds. The third-order valence-corrected chi connectivity index (χ3v) is 3.30. The van der Waals surface area contributed by atoms with Crippen LogP contribution in [0.4, 0.5) is 0 Å². The molecule has 2 nitrogen and oxygen atoms in total. The molecule has 0 heterocycles. The quantitative estimate of drug-likeness (QED) is 0.682. The summed E-state index contributed by atoms with van der Waals surface area (Å²) in [4.78, 5) is 2.43. The van der Waals surface area contributed by atoms with E-state index in [-0.39, 0.29) is 0 Å². The van der Waals surface area contributed by atoms with Gasteiger partial charge in [-0.3, -0.25) is 4.90 Å². The molecule has 0 bridgehead atoms. The van der Waals surface area contributed by atoms with Crippen molar-refractivity contribution in [3.8, 4) is 0 Å². The first-order chi connectivity index (χ1) is 6.77. The number of likely N-dealkylation sites (N-methyl/N-ethyl adjacent to an activating group) is 1. The Kier molecular flexibility index (Phi) is 5.20. The largest absolute Gasteiger partial charge is 0.327 e. The fourth-order valence-electron chi connectivity index (χ4n) is 2.31. The topological polar surface area (TPSA) is 29.3 Å². The van der Waals surface area contributed by atoms with E-state index < -0.39 is 0 Å². The minimum absolute atomic E-state index is 0.433. The molecular weight excluding hydrogens is 172 g/mol. The fraction of sp³-hybridized carbons (Fsp3) is 0.833. The molecule has 1 saturated carbocycles. The Morgan fingerprint density at radius 2 is 2.14 bits per heavy atom. The minimum atomic E-state index is 0.433. The summed E-state index contributed by atoms with van der Waals surface area (Å²) in [5.74, 6) is 0.712. The molecule has 0 spiro atoms. The molecule has 0 aliphatic heterocycles. The summed E-state index contributed by atoms with van der Waals surface area (Å²) in [6.45, 7) is 9.26. The summed E-state index contributed by atoms with van der Waals surface area (Å²) in [6.07, 6.45) is 7.21. The zero-order valence-electron chi connectivity index (χ0n) is 9.41. The second kappa shape index (κ2) is 6.20. The molecule has 0 aromatic rings. The van der Waals surface area contributed by atoms with E-state index in [0.29, 0.717) is 12.0 Å². The van der Waals surface area contributed by atoms with Crippen LogP contribution in [-0.2, 0) is 0 Å². The van der Waals surface area contributed by atoms with Crippen molar-refractivity contribution in [3.63, 3.8) is 0 Å². The molecule has 82 valence electrons. The second-order valence-corrected chi connectivity index (χ2v) is 4.35. The van der Waals surface area contributed by atoms with E-state index in [0.717, 1.165) is 19.6 Å². The third kappa shape index (κ3) is 3.43. The summed E-state index contributed by atoms with van der Waals surface area (Å²) >= 11 is 0. The summed E-state index contributed by atoms with van der Waals surface area (Å²) < 4.78 is 0. The first-order valence-electron chi connectivity index (χ1n) is 5.86. The van der Waals surface area contributed by atoms with Gasteiger partial charge in [0.25, 0.3) is 0 Å². The standard InChI is InChI=1S/C12H24N2/c1-3-9-14(4-2)10-11-7-5-6-8-12(11)13/h3,11-12H,1,4-10,13H2,2H3. The SMILES string of the molecule is C=CCN(CC)CC1CCCCC1N. The zero-order valence-corrected chi connectivity index (χ0v) is 9.41. The number of nitrogens with zero attached hydrogens (tertiary/aromatic N) is 1. The van der Waals surface area contributed by atoms with E-state index in [1.165, 1.54) is 25.7 Å². The van der Waals surface area contributed by atoms with Crippen molar-refractivity contribution in [1.82, 2.24) is 4.90 Å². The van der Waals surface area contributed by atoms with Crippen LogP contribution in [0.25, 0.3) is 0 Å². The molecular formula is C12H24N2. The predicted octanol–water partition coefficient (Wildman–Crippen LogP) is 2.01. The maximum absolute atomic E-state index is 6.13. The van der Waals surface area contributed by atoms with Gasteiger partial charge in [0.05, 0.1) is 0 Å². The zero-order chi connectivity index (χ0) is 10.4. The van der Waals surface area contributed by atoms with E-state index in [9.17, 15) is 0 Å². The van der Waals surface area contributed by atoms with Gasteiger partial charge >= 0.3 is 0 Å². The summed E-state index contributed by atoms with van der Waals surface area (Å²) in [5.41, 5.74) is 6.13. The van der Waals surface area contributed by atoms with Gasteiger partial charge in [0, 0.05) is 19.1 Å². The molecule has 0 aromatic carbocycles. The molecule has 0 radical (unpaired) electrons. The lowest BCUT2D eigenvalue weighted by molar-refractivity contribution is 0.203. The van der Waals surface area contributed by atoms with Crippen LogP contribution in [0.2, 0.25) is 0 Å². The monoisotopic (exact) mass is 196 g/mol. The predicted molar refractivity (Wildman–Crippen MR) is 62.2 cm³/mol. The molecule has 2 unspecified atom stereocenters. The number of hydrogen-bond acceptors (Lipinski definition) is 2. The fourth-order valence-corrected chi connectivity index (χ4v) is 2.31. The molecule has 2 atom stereocenters. The lowest BCUT2D eigenvalue weighted by Gasteiger charge is -2.32. The second-order valence-electron chi connectivity index (χ2n) is 4.35. The van der Waals surface area contributed by atoms with Gasteiger partial charge in [0.15, 0.2) is 0 Å². The summed E-state index contributed by atoms with van der Waals surface area (Å²) in [7, 11) is 0. The summed E-state index contributed by atoms with van der Waals surface area (Å²) in [5, 5.41) is 0. The molecule has 1 aliphatic rings. The molecule has 14 heavy (non-hydrogen) atoms. The van der Waals surface area contributed by atoms with Crippen molar-refractivity contribution >= 4 is 0 Å². The Hall–Kier alpha value is -0.340. The highest BCUT2D eigenvalue weighted by atomic mass is 15.1. The highest BCUT2D eigenvalue weighted by Gasteiger charge is 2.22. The maximum atomic E-state index is 6.13. The highest BCUT2D eigenvalue weighted by molar-refractivity contribution is 4.82. The maximum Gasteiger partial charge on any atom is 0.0160 e. The van der Waals surface area contributed by atoms with E-state index in [1.54, 1.807) is 0 Å². The number of hydrogen-bond donors (Lipinski definition) is 1. The third-order valence-electron chi connectivity index (χ3n) is 3.30. The van der Waals surface area contributed by atoms with Gasteiger partial charge in [-0.1, -0.05) is 25.8 Å². The van der Waals surface area contributed by atoms with Crippen LogP contribution >= 0.6 is 0 Å². The van der Waals surface area contributed by atoms with E-state index in [4.69, 9.17) is 5.73 Å².